The van der Waals surface area contributed by atoms with Crippen LogP contribution < -0.4 is 5.73 Å². The highest BCUT2D eigenvalue weighted by Gasteiger charge is 2.45. The third kappa shape index (κ3) is 2.26. The van der Waals surface area contributed by atoms with Crippen LogP contribution >= 0.6 is 0 Å². The van der Waals surface area contributed by atoms with Gasteiger partial charge in [0.2, 0.25) is 10.0 Å². The number of nitriles is 1. The minimum absolute atomic E-state index is 0.100. The molecule has 3 atom stereocenters. The number of aryl methyl sites for hydroxylation is 1. The predicted octanol–water partition coefficient (Wildman–Crippen LogP) is 1.22. The number of rotatable bonds is 2. The largest absolute Gasteiger partial charge is 0.327 e. The molecule has 3 rings (SSSR count). The number of sulfonamides is 1. The first-order chi connectivity index (χ1) is 9.95. The summed E-state index contributed by atoms with van der Waals surface area (Å²) in [6, 6.07) is 7.09. The quantitative estimate of drug-likeness (QED) is 0.890. The van der Waals surface area contributed by atoms with E-state index in [0.29, 0.717) is 24.6 Å². The van der Waals surface area contributed by atoms with E-state index in [1.165, 1.54) is 10.4 Å². The van der Waals surface area contributed by atoms with Gasteiger partial charge < -0.3 is 5.73 Å². The summed E-state index contributed by atoms with van der Waals surface area (Å²) in [7, 11) is -3.61. The molecule has 1 saturated heterocycles. The van der Waals surface area contributed by atoms with Gasteiger partial charge in [0.25, 0.3) is 0 Å². The van der Waals surface area contributed by atoms with Gasteiger partial charge in [-0.3, -0.25) is 0 Å². The molecular weight excluding hydrogens is 286 g/mol. The monoisotopic (exact) mass is 305 g/mol. The van der Waals surface area contributed by atoms with Crippen molar-refractivity contribution in [2.24, 2.45) is 17.6 Å². The van der Waals surface area contributed by atoms with Crippen molar-refractivity contribution in [1.82, 2.24) is 4.31 Å². The van der Waals surface area contributed by atoms with Gasteiger partial charge in [-0.15, -0.1) is 0 Å². The molecule has 2 N–H and O–H groups in total. The molecule has 2 fully saturated rings. The summed E-state index contributed by atoms with van der Waals surface area (Å²) in [5, 5.41) is 9.26. The summed E-state index contributed by atoms with van der Waals surface area (Å²) in [5.41, 5.74) is 7.01. The van der Waals surface area contributed by atoms with Crippen LogP contribution in [0.3, 0.4) is 0 Å². The van der Waals surface area contributed by atoms with Crippen LogP contribution in [-0.4, -0.2) is 31.9 Å². The van der Waals surface area contributed by atoms with Crippen LogP contribution in [0.25, 0.3) is 0 Å². The molecule has 0 radical (unpaired) electrons. The van der Waals surface area contributed by atoms with Crippen molar-refractivity contribution in [2.75, 3.05) is 13.1 Å². The molecule has 0 aromatic heterocycles. The number of nitrogens with zero attached hydrogens (tertiary/aromatic N) is 2. The Morgan fingerprint density at radius 3 is 2.76 bits per heavy atom. The van der Waals surface area contributed by atoms with Crippen LogP contribution in [0.2, 0.25) is 0 Å². The Morgan fingerprint density at radius 2 is 2.10 bits per heavy atom. The number of hydrogen-bond acceptors (Lipinski definition) is 4. The summed E-state index contributed by atoms with van der Waals surface area (Å²) in [6.45, 7) is 2.76. The lowest BCUT2D eigenvalue weighted by Crippen LogP contribution is -2.33. The zero-order chi connectivity index (χ0) is 15.2. The first-order valence-corrected chi connectivity index (χ1v) is 8.64. The van der Waals surface area contributed by atoms with Crippen LogP contribution in [0.4, 0.5) is 0 Å². The smallest absolute Gasteiger partial charge is 0.244 e. The van der Waals surface area contributed by atoms with Gasteiger partial charge in [-0.2, -0.15) is 9.57 Å². The van der Waals surface area contributed by atoms with Crippen LogP contribution in [-0.2, 0) is 10.0 Å². The van der Waals surface area contributed by atoms with Gasteiger partial charge in [-0.1, -0.05) is 12.1 Å². The molecule has 1 saturated carbocycles. The zero-order valence-corrected chi connectivity index (χ0v) is 12.8. The predicted molar refractivity (Wildman–Crippen MR) is 78.8 cm³/mol. The van der Waals surface area contributed by atoms with E-state index in [1.807, 2.05) is 6.07 Å². The molecule has 6 heteroatoms. The van der Waals surface area contributed by atoms with E-state index < -0.39 is 10.0 Å². The van der Waals surface area contributed by atoms with Gasteiger partial charge >= 0.3 is 0 Å². The van der Waals surface area contributed by atoms with Gasteiger partial charge in [0.1, 0.15) is 11.0 Å². The molecule has 112 valence electrons. The second-order valence-corrected chi connectivity index (χ2v) is 7.95. The molecule has 2 aliphatic rings. The summed E-state index contributed by atoms with van der Waals surface area (Å²) < 4.78 is 27.2. The fraction of sp³-hybridized carbons (Fsp3) is 0.533. The maximum atomic E-state index is 12.8. The summed E-state index contributed by atoms with van der Waals surface area (Å²) in [6.07, 6.45) is 1.98. The molecule has 0 bridgehead atoms. The van der Waals surface area contributed by atoms with Crippen molar-refractivity contribution >= 4 is 10.0 Å². The van der Waals surface area contributed by atoms with E-state index in [0.717, 1.165) is 12.8 Å². The van der Waals surface area contributed by atoms with Crippen LogP contribution in [0.1, 0.15) is 24.0 Å². The van der Waals surface area contributed by atoms with Gasteiger partial charge in [-0.25, -0.2) is 8.42 Å². The molecule has 1 aliphatic carbocycles. The highest BCUT2D eigenvalue weighted by molar-refractivity contribution is 7.89. The first kappa shape index (κ1) is 14.5. The van der Waals surface area contributed by atoms with Gasteiger partial charge in [0.05, 0.1) is 5.56 Å². The maximum Gasteiger partial charge on any atom is 0.244 e. The molecule has 0 amide bonds. The van der Waals surface area contributed by atoms with E-state index in [1.54, 1.807) is 19.1 Å². The average molecular weight is 305 g/mol. The topological polar surface area (TPSA) is 87.2 Å². The van der Waals surface area contributed by atoms with Gasteiger partial charge in [0.15, 0.2) is 0 Å². The molecule has 0 spiro atoms. The third-order valence-electron chi connectivity index (χ3n) is 4.84. The molecule has 21 heavy (non-hydrogen) atoms. The van der Waals surface area contributed by atoms with Crippen LogP contribution in [0.5, 0.6) is 0 Å². The zero-order valence-electron chi connectivity index (χ0n) is 12.0. The van der Waals surface area contributed by atoms with E-state index >= 15 is 0 Å². The molecule has 1 aliphatic heterocycles. The molecule has 3 unspecified atom stereocenters. The number of benzene rings is 1. The molecule has 5 nitrogen and oxygen atoms in total. The molecular formula is C15H19N3O2S. The Kier molecular flexibility index (Phi) is 3.52. The van der Waals surface area contributed by atoms with Crippen molar-refractivity contribution < 1.29 is 8.42 Å². The van der Waals surface area contributed by atoms with Crippen LogP contribution in [0, 0.1) is 30.1 Å². The number of hydrogen-bond donors (Lipinski definition) is 1. The average Bonchev–Trinajstić information content (AvgIpc) is 3.01. The van der Waals surface area contributed by atoms with E-state index in [4.69, 9.17) is 5.73 Å². The van der Waals surface area contributed by atoms with Crippen LogP contribution in [0.15, 0.2) is 23.1 Å². The van der Waals surface area contributed by atoms with Crippen molar-refractivity contribution in [3.8, 4) is 6.07 Å². The normalized spacial score (nSPS) is 29.3. The Balaban J connectivity index is 1.96. The van der Waals surface area contributed by atoms with E-state index in [9.17, 15) is 13.7 Å². The lowest BCUT2D eigenvalue weighted by molar-refractivity contribution is 0.427. The summed E-state index contributed by atoms with van der Waals surface area (Å²) in [4.78, 5) is 0.124. The van der Waals surface area contributed by atoms with Gasteiger partial charge in [-0.05, 0) is 43.2 Å². The fourth-order valence-corrected chi connectivity index (χ4v) is 5.35. The molecule has 1 aromatic rings. The maximum absolute atomic E-state index is 12.8. The number of nitrogens with two attached hydrogens (primary N) is 1. The summed E-state index contributed by atoms with van der Waals surface area (Å²) >= 11 is 0. The fourth-order valence-electron chi connectivity index (χ4n) is 3.60. The Labute approximate surface area is 125 Å². The van der Waals surface area contributed by atoms with Crippen molar-refractivity contribution in [3.05, 3.63) is 29.3 Å². The molecule has 1 aromatic carbocycles. The van der Waals surface area contributed by atoms with E-state index in [2.05, 4.69) is 0 Å². The van der Waals surface area contributed by atoms with Crippen molar-refractivity contribution in [2.45, 2.75) is 30.7 Å². The standard InChI is InChI=1S/C15H19N3O2S/c1-10-3-2-4-15(12(10)7-16)21(19,20)18-8-11-5-6-14(17)13(11)9-18/h2-4,11,13-14H,5-6,8-9,17H2,1H3. The van der Waals surface area contributed by atoms with Crippen molar-refractivity contribution in [1.29, 1.82) is 5.26 Å². The summed E-state index contributed by atoms with van der Waals surface area (Å²) in [5.74, 6) is 0.625. The number of fused-ring (bicyclic) bond motifs is 1. The Morgan fingerprint density at radius 1 is 1.33 bits per heavy atom. The molecule has 1 heterocycles. The second kappa shape index (κ2) is 5.09. The Bertz CT molecular complexity index is 708. The first-order valence-electron chi connectivity index (χ1n) is 7.20. The highest BCUT2D eigenvalue weighted by atomic mass is 32.2. The highest BCUT2D eigenvalue weighted by Crippen LogP contribution is 2.39. The second-order valence-electron chi connectivity index (χ2n) is 6.05. The van der Waals surface area contributed by atoms with Crippen molar-refractivity contribution in [3.63, 3.8) is 0 Å². The minimum atomic E-state index is -3.61. The van der Waals surface area contributed by atoms with Gasteiger partial charge in [0, 0.05) is 19.1 Å². The minimum Gasteiger partial charge on any atom is -0.327 e. The van der Waals surface area contributed by atoms with E-state index in [-0.39, 0.29) is 22.4 Å². The lowest BCUT2D eigenvalue weighted by atomic mass is 9.98. The SMILES string of the molecule is Cc1cccc(S(=O)(=O)N2CC3CCC(N)C3C2)c1C#N. The lowest BCUT2D eigenvalue weighted by Gasteiger charge is -2.19. The third-order valence-corrected chi connectivity index (χ3v) is 6.72. The Hall–Kier alpha value is -1.42.